The largest absolute Gasteiger partial charge is 0.329 e. The molecule has 10 heavy (non-hydrogen) atoms. The van der Waals surface area contributed by atoms with Crippen LogP contribution in [0.1, 0.15) is 15.8 Å². The molecule has 0 saturated heterocycles. The molecule has 0 radical (unpaired) electrons. The van der Waals surface area contributed by atoms with Crippen molar-refractivity contribution in [3.05, 3.63) is 21.9 Å². The van der Waals surface area contributed by atoms with Crippen molar-refractivity contribution in [3.63, 3.8) is 0 Å². The van der Waals surface area contributed by atoms with E-state index in [2.05, 4.69) is 13.0 Å². The summed E-state index contributed by atoms with van der Waals surface area (Å²) >= 11 is 1.72. The van der Waals surface area contributed by atoms with Gasteiger partial charge in [0.1, 0.15) is 0 Å². The Balaban J connectivity index is 2.74. The lowest BCUT2D eigenvalue weighted by atomic mass is 10.2. The van der Waals surface area contributed by atoms with Crippen molar-refractivity contribution >= 4 is 11.3 Å². The Morgan fingerprint density at radius 1 is 1.60 bits per heavy atom. The smallest absolute Gasteiger partial charge is 0.0514 e. The second kappa shape index (κ2) is 3.14. The number of aryl methyl sites for hydroxylation is 1. The van der Waals surface area contributed by atoms with Crippen molar-refractivity contribution in [2.45, 2.75) is 13.0 Å². The number of hydrogen-bond donors (Lipinski definition) is 2. The number of rotatable bonds is 2. The molecule has 1 aromatic heterocycles. The molecular weight excluding hydrogens is 144 g/mol. The second-order valence-electron chi connectivity index (χ2n) is 2.29. The monoisotopic (exact) mass is 156 g/mol. The first kappa shape index (κ1) is 7.72. The average Bonchev–Trinajstić information content (AvgIpc) is 2.34. The summed E-state index contributed by atoms with van der Waals surface area (Å²) in [7, 11) is 0. The third kappa shape index (κ3) is 1.56. The third-order valence-electron chi connectivity index (χ3n) is 1.38. The molecule has 0 unspecified atom stereocenters. The first-order valence-corrected chi connectivity index (χ1v) is 4.07. The van der Waals surface area contributed by atoms with E-state index < -0.39 is 0 Å². The summed E-state index contributed by atoms with van der Waals surface area (Å²) in [6.45, 7) is 2.59. The van der Waals surface area contributed by atoms with E-state index in [4.69, 9.17) is 11.5 Å². The molecule has 1 atom stereocenters. The molecule has 0 fully saturated rings. The van der Waals surface area contributed by atoms with E-state index in [0.717, 1.165) is 0 Å². The standard InChI is InChI=1S/C7H12N2S/c1-5-2-3-7(10-5)6(9)4-8/h2-3,6H,4,8-9H2,1H3/t6-/m1/s1. The Morgan fingerprint density at radius 2 is 2.30 bits per heavy atom. The van der Waals surface area contributed by atoms with Crippen molar-refractivity contribution in [2.75, 3.05) is 6.54 Å². The highest BCUT2D eigenvalue weighted by atomic mass is 32.1. The molecule has 4 N–H and O–H groups in total. The summed E-state index contributed by atoms with van der Waals surface area (Å²) in [6.07, 6.45) is 0. The van der Waals surface area contributed by atoms with E-state index in [1.807, 2.05) is 6.07 Å². The van der Waals surface area contributed by atoms with E-state index in [9.17, 15) is 0 Å². The third-order valence-corrected chi connectivity index (χ3v) is 2.51. The van der Waals surface area contributed by atoms with Gasteiger partial charge in [0.25, 0.3) is 0 Å². The van der Waals surface area contributed by atoms with Crippen LogP contribution in [0.2, 0.25) is 0 Å². The van der Waals surface area contributed by atoms with Crippen LogP contribution < -0.4 is 11.5 Å². The molecule has 1 aromatic rings. The summed E-state index contributed by atoms with van der Waals surface area (Å²) in [5.74, 6) is 0. The molecular formula is C7H12N2S. The molecule has 1 rings (SSSR count). The molecule has 56 valence electrons. The Kier molecular flexibility index (Phi) is 2.43. The Bertz CT molecular complexity index is 207. The van der Waals surface area contributed by atoms with Crippen LogP contribution in [0, 0.1) is 6.92 Å². The van der Waals surface area contributed by atoms with E-state index in [1.165, 1.54) is 9.75 Å². The van der Waals surface area contributed by atoms with Gasteiger partial charge in [-0.1, -0.05) is 0 Å². The summed E-state index contributed by atoms with van der Waals surface area (Å²) in [5, 5.41) is 0. The minimum atomic E-state index is 0.0266. The molecule has 0 aliphatic rings. The summed E-state index contributed by atoms with van der Waals surface area (Å²) in [4.78, 5) is 2.47. The average molecular weight is 156 g/mol. The number of hydrogen-bond acceptors (Lipinski definition) is 3. The fourth-order valence-electron chi connectivity index (χ4n) is 0.769. The van der Waals surface area contributed by atoms with Crippen molar-refractivity contribution in [1.82, 2.24) is 0 Å². The van der Waals surface area contributed by atoms with Gasteiger partial charge in [0.05, 0.1) is 6.04 Å². The summed E-state index contributed by atoms with van der Waals surface area (Å²) in [6, 6.07) is 4.13. The highest BCUT2D eigenvalue weighted by Gasteiger charge is 2.04. The zero-order chi connectivity index (χ0) is 7.56. The van der Waals surface area contributed by atoms with Crippen LogP contribution in [0.25, 0.3) is 0 Å². The minimum Gasteiger partial charge on any atom is -0.329 e. The molecule has 0 aliphatic heterocycles. The molecule has 0 amide bonds. The van der Waals surface area contributed by atoms with Gasteiger partial charge in [-0.3, -0.25) is 0 Å². The number of thiophene rings is 1. The van der Waals surface area contributed by atoms with Crippen LogP contribution in [0.5, 0.6) is 0 Å². The van der Waals surface area contributed by atoms with Gasteiger partial charge in [0.2, 0.25) is 0 Å². The van der Waals surface area contributed by atoms with Gasteiger partial charge in [-0.25, -0.2) is 0 Å². The second-order valence-corrected chi connectivity index (χ2v) is 3.61. The Labute approximate surface area is 64.8 Å². The molecule has 0 aromatic carbocycles. The van der Waals surface area contributed by atoms with Gasteiger partial charge >= 0.3 is 0 Å². The molecule has 2 nitrogen and oxygen atoms in total. The van der Waals surface area contributed by atoms with Crippen molar-refractivity contribution < 1.29 is 0 Å². The predicted molar refractivity (Wildman–Crippen MR) is 45.0 cm³/mol. The van der Waals surface area contributed by atoms with E-state index >= 15 is 0 Å². The summed E-state index contributed by atoms with van der Waals surface area (Å²) in [5.41, 5.74) is 11.1. The molecule has 0 saturated carbocycles. The van der Waals surface area contributed by atoms with Crippen LogP contribution in [0.15, 0.2) is 12.1 Å². The zero-order valence-corrected chi connectivity index (χ0v) is 6.82. The lowest BCUT2D eigenvalue weighted by Crippen LogP contribution is -2.19. The van der Waals surface area contributed by atoms with Gasteiger partial charge in [-0.2, -0.15) is 0 Å². The maximum absolute atomic E-state index is 5.69. The lowest BCUT2D eigenvalue weighted by Gasteiger charge is -2.03. The van der Waals surface area contributed by atoms with Crippen molar-refractivity contribution in [3.8, 4) is 0 Å². The quantitative estimate of drug-likeness (QED) is 0.671. The van der Waals surface area contributed by atoms with Gasteiger partial charge in [-0.15, -0.1) is 11.3 Å². The fourth-order valence-corrected chi connectivity index (χ4v) is 1.66. The summed E-state index contributed by atoms with van der Waals surface area (Å²) < 4.78 is 0. The van der Waals surface area contributed by atoms with Gasteiger partial charge in [0.15, 0.2) is 0 Å². The van der Waals surface area contributed by atoms with Gasteiger partial charge < -0.3 is 11.5 Å². The molecule has 0 bridgehead atoms. The Morgan fingerprint density at radius 3 is 2.70 bits per heavy atom. The van der Waals surface area contributed by atoms with E-state index in [-0.39, 0.29) is 6.04 Å². The predicted octanol–water partition coefficient (Wildman–Crippen LogP) is 1.02. The van der Waals surface area contributed by atoms with Crippen LogP contribution in [-0.2, 0) is 0 Å². The first-order chi connectivity index (χ1) is 4.74. The maximum atomic E-state index is 5.69. The lowest BCUT2D eigenvalue weighted by molar-refractivity contribution is 0.752. The Hall–Kier alpha value is -0.380. The SMILES string of the molecule is Cc1ccc([C@H](N)CN)s1. The molecule has 1 heterocycles. The van der Waals surface area contributed by atoms with E-state index in [0.29, 0.717) is 6.54 Å². The van der Waals surface area contributed by atoms with Crippen molar-refractivity contribution in [2.24, 2.45) is 11.5 Å². The minimum absolute atomic E-state index is 0.0266. The molecule has 0 aliphatic carbocycles. The normalized spacial score (nSPS) is 13.5. The number of nitrogens with two attached hydrogens (primary N) is 2. The highest BCUT2D eigenvalue weighted by Crippen LogP contribution is 2.19. The van der Waals surface area contributed by atoms with Crippen molar-refractivity contribution in [1.29, 1.82) is 0 Å². The van der Waals surface area contributed by atoms with Crippen LogP contribution in [-0.4, -0.2) is 6.54 Å². The van der Waals surface area contributed by atoms with Gasteiger partial charge in [-0.05, 0) is 19.1 Å². The topological polar surface area (TPSA) is 52.0 Å². The zero-order valence-electron chi connectivity index (χ0n) is 6.00. The van der Waals surface area contributed by atoms with Crippen LogP contribution in [0.3, 0.4) is 0 Å². The fraction of sp³-hybridized carbons (Fsp3) is 0.429. The van der Waals surface area contributed by atoms with Crippen LogP contribution in [0.4, 0.5) is 0 Å². The highest BCUT2D eigenvalue weighted by molar-refractivity contribution is 7.12. The van der Waals surface area contributed by atoms with Crippen LogP contribution >= 0.6 is 11.3 Å². The maximum Gasteiger partial charge on any atom is 0.0514 e. The molecule has 3 heteroatoms. The molecule has 0 spiro atoms. The van der Waals surface area contributed by atoms with E-state index in [1.54, 1.807) is 11.3 Å². The first-order valence-electron chi connectivity index (χ1n) is 3.26. The van der Waals surface area contributed by atoms with Gasteiger partial charge in [0, 0.05) is 16.3 Å².